The van der Waals surface area contributed by atoms with Gasteiger partial charge < -0.3 is 19.5 Å². The fraction of sp³-hybridized carbons (Fsp3) is 0.208. The average Bonchev–Trinajstić information content (AvgIpc) is 3.14. The molecule has 6 heteroatoms. The molecule has 1 heterocycles. The van der Waals surface area contributed by atoms with Crippen LogP contribution in [0.4, 0.5) is 11.4 Å². The summed E-state index contributed by atoms with van der Waals surface area (Å²) in [5, 5.41) is 3.97. The maximum atomic E-state index is 12.8. The predicted octanol–water partition coefficient (Wildman–Crippen LogP) is 6.43. The van der Waals surface area contributed by atoms with Crippen molar-refractivity contribution in [2.45, 2.75) is 26.4 Å². The topological polar surface area (TPSA) is 56.8 Å². The van der Waals surface area contributed by atoms with Gasteiger partial charge >= 0.3 is 5.97 Å². The summed E-state index contributed by atoms with van der Waals surface area (Å²) in [6, 6.07) is 18.7. The SMILES string of the molecule is CC(C)(C)OC(=O)c1ccc(-c2cccc(Cl)c2)cc1Nc1ccc2c(c1)OCO2. The van der Waals surface area contributed by atoms with E-state index >= 15 is 0 Å². The average molecular weight is 424 g/mol. The number of halogens is 1. The summed E-state index contributed by atoms with van der Waals surface area (Å²) in [4.78, 5) is 12.8. The van der Waals surface area contributed by atoms with Gasteiger partial charge in [-0.1, -0.05) is 29.8 Å². The van der Waals surface area contributed by atoms with Gasteiger partial charge in [0.1, 0.15) is 5.60 Å². The summed E-state index contributed by atoms with van der Waals surface area (Å²) in [5.41, 5.74) is 3.11. The van der Waals surface area contributed by atoms with Crippen molar-refractivity contribution in [3.05, 3.63) is 71.2 Å². The van der Waals surface area contributed by atoms with Crippen LogP contribution >= 0.6 is 11.6 Å². The summed E-state index contributed by atoms with van der Waals surface area (Å²) >= 11 is 6.16. The second-order valence-corrected chi connectivity index (χ2v) is 8.40. The molecule has 4 rings (SSSR count). The van der Waals surface area contributed by atoms with Crippen LogP contribution in [0.5, 0.6) is 11.5 Å². The summed E-state index contributed by atoms with van der Waals surface area (Å²) in [7, 11) is 0. The summed E-state index contributed by atoms with van der Waals surface area (Å²) in [6.45, 7) is 5.73. The molecule has 1 aliphatic heterocycles. The van der Waals surface area contributed by atoms with E-state index in [1.807, 2.05) is 75.4 Å². The van der Waals surface area contributed by atoms with Crippen LogP contribution in [0, 0.1) is 0 Å². The first-order valence-electron chi connectivity index (χ1n) is 9.58. The van der Waals surface area contributed by atoms with Gasteiger partial charge in [0, 0.05) is 16.8 Å². The molecule has 1 aliphatic rings. The molecule has 0 aliphatic carbocycles. The zero-order valence-corrected chi connectivity index (χ0v) is 17.7. The van der Waals surface area contributed by atoms with Crippen molar-refractivity contribution in [3.63, 3.8) is 0 Å². The number of rotatable bonds is 4. The Morgan fingerprint density at radius 3 is 2.50 bits per heavy atom. The van der Waals surface area contributed by atoms with E-state index in [2.05, 4.69) is 5.32 Å². The summed E-state index contributed by atoms with van der Waals surface area (Å²) in [5.74, 6) is 0.953. The van der Waals surface area contributed by atoms with Gasteiger partial charge in [0.25, 0.3) is 0 Å². The Morgan fingerprint density at radius 1 is 0.967 bits per heavy atom. The van der Waals surface area contributed by atoms with E-state index in [0.717, 1.165) is 16.8 Å². The Bertz CT molecular complexity index is 1100. The van der Waals surface area contributed by atoms with Gasteiger partial charge in [0.2, 0.25) is 6.79 Å². The first-order chi connectivity index (χ1) is 14.3. The predicted molar refractivity (Wildman–Crippen MR) is 118 cm³/mol. The molecule has 5 nitrogen and oxygen atoms in total. The van der Waals surface area contributed by atoms with Crippen LogP contribution in [0.2, 0.25) is 5.02 Å². The lowest BCUT2D eigenvalue weighted by Crippen LogP contribution is -2.24. The third kappa shape index (κ3) is 4.52. The lowest BCUT2D eigenvalue weighted by atomic mass is 10.0. The second-order valence-electron chi connectivity index (χ2n) is 7.97. The molecule has 1 N–H and O–H groups in total. The number of ether oxygens (including phenoxy) is 3. The van der Waals surface area contributed by atoms with Gasteiger partial charge in [-0.15, -0.1) is 0 Å². The van der Waals surface area contributed by atoms with Gasteiger partial charge in [0.15, 0.2) is 11.5 Å². The number of fused-ring (bicyclic) bond motifs is 1. The van der Waals surface area contributed by atoms with Crippen molar-refractivity contribution in [3.8, 4) is 22.6 Å². The van der Waals surface area contributed by atoms with Crippen molar-refractivity contribution < 1.29 is 19.0 Å². The van der Waals surface area contributed by atoms with Crippen molar-refractivity contribution in [1.29, 1.82) is 0 Å². The van der Waals surface area contributed by atoms with Crippen LogP contribution in [-0.4, -0.2) is 18.4 Å². The standard InChI is InChI=1S/C24H22ClNO4/c1-24(2,3)30-23(27)19-9-7-16(15-5-4-6-17(25)11-15)12-20(19)26-18-8-10-21-22(13-18)29-14-28-21/h4-13,26H,14H2,1-3H3. The van der Waals surface area contributed by atoms with Crippen molar-refractivity contribution >= 4 is 28.9 Å². The highest BCUT2D eigenvalue weighted by Gasteiger charge is 2.22. The number of benzene rings is 3. The number of anilines is 2. The molecule has 0 aromatic heterocycles. The molecule has 3 aromatic rings. The monoisotopic (exact) mass is 423 g/mol. The molecule has 0 saturated heterocycles. The molecule has 0 spiro atoms. The molecule has 0 radical (unpaired) electrons. The smallest absolute Gasteiger partial charge is 0.340 e. The van der Waals surface area contributed by atoms with E-state index in [-0.39, 0.29) is 6.79 Å². The normalized spacial score (nSPS) is 12.5. The van der Waals surface area contributed by atoms with Crippen molar-refractivity contribution in [2.75, 3.05) is 12.1 Å². The minimum Gasteiger partial charge on any atom is -0.456 e. The fourth-order valence-corrected chi connectivity index (χ4v) is 3.33. The Labute approximate surface area is 180 Å². The number of hydrogen-bond donors (Lipinski definition) is 1. The molecule has 0 unspecified atom stereocenters. The molecule has 154 valence electrons. The third-order valence-corrected chi connectivity index (χ3v) is 4.68. The van der Waals surface area contributed by atoms with Crippen LogP contribution in [0.1, 0.15) is 31.1 Å². The summed E-state index contributed by atoms with van der Waals surface area (Å²) < 4.78 is 16.4. The Kier molecular flexibility index (Phi) is 5.31. The van der Waals surface area contributed by atoms with E-state index in [9.17, 15) is 4.79 Å². The van der Waals surface area contributed by atoms with Gasteiger partial charge in [-0.3, -0.25) is 0 Å². The lowest BCUT2D eigenvalue weighted by molar-refractivity contribution is 0.00707. The van der Waals surface area contributed by atoms with E-state index in [0.29, 0.717) is 27.8 Å². The minimum absolute atomic E-state index is 0.201. The lowest BCUT2D eigenvalue weighted by Gasteiger charge is -2.21. The van der Waals surface area contributed by atoms with E-state index in [1.165, 1.54) is 0 Å². The Hall–Kier alpha value is -3.18. The molecule has 3 aromatic carbocycles. The summed E-state index contributed by atoms with van der Waals surface area (Å²) in [6.07, 6.45) is 0. The zero-order valence-electron chi connectivity index (χ0n) is 17.0. The van der Waals surface area contributed by atoms with E-state index in [4.69, 9.17) is 25.8 Å². The van der Waals surface area contributed by atoms with Gasteiger partial charge in [-0.2, -0.15) is 0 Å². The zero-order chi connectivity index (χ0) is 21.3. The molecule has 0 saturated carbocycles. The van der Waals surface area contributed by atoms with E-state index < -0.39 is 11.6 Å². The molecular weight excluding hydrogens is 402 g/mol. The largest absolute Gasteiger partial charge is 0.456 e. The third-order valence-electron chi connectivity index (χ3n) is 4.45. The molecule has 30 heavy (non-hydrogen) atoms. The Morgan fingerprint density at radius 2 is 1.73 bits per heavy atom. The van der Waals surface area contributed by atoms with Crippen molar-refractivity contribution in [2.24, 2.45) is 0 Å². The number of nitrogens with one attached hydrogen (secondary N) is 1. The highest BCUT2D eigenvalue weighted by atomic mass is 35.5. The molecule has 0 bridgehead atoms. The molecule has 0 atom stereocenters. The van der Waals surface area contributed by atoms with Gasteiger partial charge in [-0.05, 0) is 68.3 Å². The van der Waals surface area contributed by atoms with Gasteiger partial charge in [-0.25, -0.2) is 4.79 Å². The van der Waals surface area contributed by atoms with Crippen LogP contribution in [0.3, 0.4) is 0 Å². The van der Waals surface area contributed by atoms with Crippen LogP contribution < -0.4 is 14.8 Å². The number of carbonyl (C=O) groups is 1. The quantitative estimate of drug-likeness (QED) is 0.489. The first kappa shape index (κ1) is 20.1. The second kappa shape index (κ2) is 7.92. The fourth-order valence-electron chi connectivity index (χ4n) is 3.14. The van der Waals surface area contributed by atoms with Crippen LogP contribution in [0.15, 0.2) is 60.7 Å². The molecule has 0 amide bonds. The highest BCUT2D eigenvalue weighted by Crippen LogP contribution is 2.36. The number of hydrogen-bond acceptors (Lipinski definition) is 5. The first-order valence-corrected chi connectivity index (χ1v) is 9.96. The number of esters is 1. The van der Waals surface area contributed by atoms with Crippen molar-refractivity contribution in [1.82, 2.24) is 0 Å². The van der Waals surface area contributed by atoms with Crippen LogP contribution in [-0.2, 0) is 4.74 Å². The maximum Gasteiger partial charge on any atom is 0.340 e. The van der Waals surface area contributed by atoms with Gasteiger partial charge in [0.05, 0.1) is 11.3 Å². The Balaban J connectivity index is 1.73. The van der Waals surface area contributed by atoms with Crippen LogP contribution in [0.25, 0.3) is 11.1 Å². The van der Waals surface area contributed by atoms with E-state index in [1.54, 1.807) is 6.07 Å². The molecule has 0 fully saturated rings. The number of carbonyl (C=O) groups excluding carboxylic acids is 1. The highest BCUT2D eigenvalue weighted by molar-refractivity contribution is 6.30. The molecular formula is C24H22ClNO4. The maximum absolute atomic E-state index is 12.8. The minimum atomic E-state index is -0.598.